The molecule has 0 spiro atoms. The lowest BCUT2D eigenvalue weighted by molar-refractivity contribution is 0.0935. The SMILES string of the molecule is CNC(=O)c1c(-c2ccc(F)cc2)oc2ncc(-c3ccc(F)c(C(=O)NC45CC4C5)c3)cc12. The molecule has 6 nitrogen and oxygen atoms in total. The van der Waals surface area contributed by atoms with Crippen molar-refractivity contribution < 1.29 is 22.8 Å². The molecule has 2 aromatic heterocycles. The van der Waals surface area contributed by atoms with Gasteiger partial charge in [-0.15, -0.1) is 0 Å². The van der Waals surface area contributed by atoms with E-state index < -0.39 is 17.5 Å². The molecule has 0 aliphatic heterocycles. The highest BCUT2D eigenvalue weighted by Crippen LogP contribution is 2.66. The second kappa shape index (κ2) is 7.21. The predicted octanol–water partition coefficient (Wildman–Crippen LogP) is 4.69. The van der Waals surface area contributed by atoms with Crippen molar-refractivity contribution in [2.24, 2.45) is 5.92 Å². The van der Waals surface area contributed by atoms with E-state index in [1.54, 1.807) is 18.3 Å². The Kier molecular flexibility index (Phi) is 4.36. The molecule has 2 heterocycles. The Morgan fingerprint density at radius 1 is 1.00 bits per heavy atom. The largest absolute Gasteiger partial charge is 0.437 e. The number of aromatic nitrogens is 1. The van der Waals surface area contributed by atoms with Crippen molar-refractivity contribution in [3.8, 4) is 22.5 Å². The molecule has 34 heavy (non-hydrogen) atoms. The molecule has 2 N–H and O–H groups in total. The van der Waals surface area contributed by atoms with Crippen molar-refractivity contribution in [1.29, 1.82) is 0 Å². The second-order valence-electron chi connectivity index (χ2n) is 8.88. The van der Waals surface area contributed by atoms with Crippen molar-refractivity contribution in [2.75, 3.05) is 7.05 Å². The maximum absolute atomic E-state index is 14.5. The highest BCUT2D eigenvalue weighted by molar-refractivity contribution is 6.11. The Balaban J connectivity index is 1.43. The number of hydrogen-bond acceptors (Lipinski definition) is 4. The Morgan fingerprint density at radius 2 is 1.71 bits per heavy atom. The summed E-state index contributed by atoms with van der Waals surface area (Å²) in [6.07, 6.45) is 3.46. The van der Waals surface area contributed by atoms with Gasteiger partial charge in [0.05, 0.1) is 16.5 Å². The van der Waals surface area contributed by atoms with Gasteiger partial charge in [0.15, 0.2) is 0 Å². The number of rotatable bonds is 5. The number of hydrogen-bond donors (Lipinski definition) is 2. The molecule has 2 amide bonds. The average molecular weight is 459 g/mol. The van der Waals surface area contributed by atoms with E-state index in [2.05, 4.69) is 15.6 Å². The van der Waals surface area contributed by atoms with Crippen molar-refractivity contribution in [1.82, 2.24) is 15.6 Å². The summed E-state index contributed by atoms with van der Waals surface area (Å²) in [7, 11) is 1.50. The van der Waals surface area contributed by atoms with E-state index in [1.807, 2.05) is 0 Å². The van der Waals surface area contributed by atoms with Crippen LogP contribution < -0.4 is 10.6 Å². The number of nitrogens with zero attached hydrogens (tertiary/aromatic N) is 1. The molecule has 0 bridgehead atoms. The molecule has 8 heteroatoms. The summed E-state index contributed by atoms with van der Waals surface area (Å²) in [6, 6.07) is 11.6. The number of amides is 2. The van der Waals surface area contributed by atoms with E-state index in [0.717, 1.165) is 12.8 Å². The Hall–Kier alpha value is -4.07. The van der Waals surface area contributed by atoms with Crippen LogP contribution in [0.5, 0.6) is 0 Å². The van der Waals surface area contributed by atoms with Crippen molar-refractivity contribution >= 4 is 22.9 Å². The zero-order valence-corrected chi connectivity index (χ0v) is 18.1. The summed E-state index contributed by atoms with van der Waals surface area (Å²) in [4.78, 5) is 29.8. The van der Waals surface area contributed by atoms with Crippen LogP contribution in [0.3, 0.4) is 0 Å². The maximum Gasteiger partial charge on any atom is 0.255 e. The van der Waals surface area contributed by atoms with E-state index in [9.17, 15) is 18.4 Å². The first-order chi connectivity index (χ1) is 16.4. The highest BCUT2D eigenvalue weighted by atomic mass is 19.1. The van der Waals surface area contributed by atoms with Gasteiger partial charge in [-0.2, -0.15) is 0 Å². The summed E-state index contributed by atoms with van der Waals surface area (Å²) in [5.41, 5.74) is 2.03. The summed E-state index contributed by atoms with van der Waals surface area (Å²) >= 11 is 0. The van der Waals surface area contributed by atoms with Gasteiger partial charge in [-0.05, 0) is 66.8 Å². The third-order valence-electron chi connectivity index (χ3n) is 6.70. The number of pyridine rings is 1. The lowest BCUT2D eigenvalue weighted by Crippen LogP contribution is -2.31. The molecule has 2 aliphatic rings. The van der Waals surface area contributed by atoms with E-state index in [4.69, 9.17) is 4.42 Å². The minimum Gasteiger partial charge on any atom is -0.437 e. The summed E-state index contributed by atoms with van der Waals surface area (Å²) in [5.74, 6) is -1.02. The Morgan fingerprint density at radius 3 is 2.38 bits per heavy atom. The minimum absolute atomic E-state index is 0.0322. The maximum atomic E-state index is 14.5. The van der Waals surface area contributed by atoms with Crippen LogP contribution in [-0.2, 0) is 0 Å². The van der Waals surface area contributed by atoms with Crippen molar-refractivity contribution in [2.45, 2.75) is 18.4 Å². The number of carbonyl (C=O) groups is 2. The lowest BCUT2D eigenvalue weighted by atomic mass is 10.0. The van der Waals surface area contributed by atoms with Gasteiger partial charge in [-0.25, -0.2) is 13.8 Å². The zero-order chi connectivity index (χ0) is 23.6. The van der Waals surface area contributed by atoms with E-state index >= 15 is 0 Å². The molecule has 0 unspecified atom stereocenters. The number of fused-ring (bicyclic) bond motifs is 2. The van der Waals surface area contributed by atoms with Gasteiger partial charge in [0.2, 0.25) is 5.71 Å². The van der Waals surface area contributed by atoms with E-state index in [1.165, 1.54) is 43.4 Å². The molecule has 4 aromatic rings. The van der Waals surface area contributed by atoms with Crippen molar-refractivity contribution in [3.05, 3.63) is 77.5 Å². The van der Waals surface area contributed by atoms with Crippen molar-refractivity contribution in [3.63, 3.8) is 0 Å². The molecule has 2 saturated carbocycles. The van der Waals surface area contributed by atoms with E-state index in [0.29, 0.717) is 28.0 Å². The van der Waals surface area contributed by atoms with Gasteiger partial charge >= 0.3 is 0 Å². The fourth-order valence-corrected chi connectivity index (χ4v) is 4.37. The minimum atomic E-state index is -0.600. The van der Waals surface area contributed by atoms with Gasteiger partial charge in [0.1, 0.15) is 17.4 Å². The van der Waals surface area contributed by atoms with Crippen LogP contribution in [0.1, 0.15) is 33.6 Å². The Labute approximate surface area is 193 Å². The number of halogens is 2. The number of nitrogens with one attached hydrogen (secondary N) is 2. The number of benzene rings is 2. The first-order valence-electron chi connectivity index (χ1n) is 10.9. The van der Waals surface area contributed by atoms with Crippen LogP contribution in [0.2, 0.25) is 0 Å². The molecule has 0 saturated heterocycles. The van der Waals surface area contributed by atoms with Crippen LogP contribution in [-0.4, -0.2) is 29.4 Å². The molecule has 0 radical (unpaired) electrons. The van der Waals surface area contributed by atoms with Gasteiger partial charge in [0.25, 0.3) is 11.8 Å². The van der Waals surface area contributed by atoms with Crippen LogP contribution in [0.4, 0.5) is 8.78 Å². The van der Waals surface area contributed by atoms with Crippen LogP contribution in [0.15, 0.2) is 59.1 Å². The van der Waals surface area contributed by atoms with Crippen LogP contribution in [0, 0.1) is 17.6 Å². The number of furan rings is 1. The van der Waals surface area contributed by atoms with E-state index in [-0.39, 0.29) is 34.0 Å². The molecule has 2 fully saturated rings. The molecular weight excluding hydrogens is 440 g/mol. The fourth-order valence-electron chi connectivity index (χ4n) is 4.37. The molecule has 2 aliphatic carbocycles. The monoisotopic (exact) mass is 459 g/mol. The zero-order valence-electron chi connectivity index (χ0n) is 18.1. The van der Waals surface area contributed by atoms with Gasteiger partial charge in [-0.3, -0.25) is 9.59 Å². The topological polar surface area (TPSA) is 84.2 Å². The first-order valence-corrected chi connectivity index (χ1v) is 10.9. The molecule has 2 aromatic carbocycles. The average Bonchev–Trinajstić information content (AvgIpc) is 3.65. The number of carbonyl (C=O) groups excluding carboxylic acids is 2. The van der Waals surface area contributed by atoms with Gasteiger partial charge in [-0.1, -0.05) is 6.07 Å². The highest BCUT2D eigenvalue weighted by Gasteiger charge is 2.70. The normalized spacial score (nSPS) is 20.0. The second-order valence-corrected chi connectivity index (χ2v) is 8.88. The molecular formula is C26H19F2N3O3. The summed E-state index contributed by atoms with van der Waals surface area (Å²) in [5, 5.41) is 5.99. The Bertz CT molecular complexity index is 1490. The quantitative estimate of drug-likeness (QED) is 0.454. The lowest BCUT2D eigenvalue weighted by Gasteiger charge is -2.10. The predicted molar refractivity (Wildman–Crippen MR) is 121 cm³/mol. The third kappa shape index (κ3) is 3.25. The van der Waals surface area contributed by atoms with Crippen LogP contribution in [0.25, 0.3) is 33.6 Å². The summed E-state index contributed by atoms with van der Waals surface area (Å²) in [6.45, 7) is 0. The van der Waals surface area contributed by atoms with Gasteiger partial charge < -0.3 is 15.1 Å². The molecule has 170 valence electrons. The van der Waals surface area contributed by atoms with Gasteiger partial charge in [0, 0.05) is 29.9 Å². The smallest absolute Gasteiger partial charge is 0.255 e. The molecule has 6 rings (SSSR count). The summed E-state index contributed by atoms with van der Waals surface area (Å²) < 4.78 is 33.7. The standard InChI is InChI=1S/C26H19F2N3O3/c1-29-24(33)21-19-9-15(12-30-25(19)34-22(21)13-2-5-17(27)6-3-13)14-4-7-20(28)18(8-14)23(32)31-26-10-16(26)11-26/h2-9,12,16H,10-11H2,1H3,(H,29,33)(H,31,32). The first kappa shape index (κ1) is 20.5. The molecule has 0 atom stereocenters. The van der Waals surface area contributed by atoms with Crippen LogP contribution >= 0.6 is 0 Å². The fraction of sp³-hybridized carbons (Fsp3) is 0.192. The third-order valence-corrected chi connectivity index (χ3v) is 6.70.